The molecule has 0 heterocycles. The van der Waals surface area contributed by atoms with Gasteiger partial charge < -0.3 is 15.2 Å². The van der Waals surface area contributed by atoms with Gasteiger partial charge in [-0.15, -0.1) is 0 Å². The fourth-order valence-corrected chi connectivity index (χ4v) is 2.11. The fraction of sp³-hybridized carbons (Fsp3) is 0.118. The Morgan fingerprint density at radius 3 is 2.14 bits per heavy atom. The number of ether oxygens (including phenoxy) is 2. The number of benzene rings is 2. The smallest absolute Gasteiger partial charge is 0.242 e. The van der Waals surface area contributed by atoms with Crippen molar-refractivity contribution >= 4 is 11.5 Å². The standard InChI is InChI=1S/C17H16FNO3/c1-21-15-8-5-12(9-16(15)22-2)14(10-17(19)20)11-3-6-13(18)7-4-11/h3-10H,1-2H3,(H2,19,20)/b14-10+. The third kappa shape index (κ3) is 3.44. The molecule has 0 spiro atoms. The lowest BCUT2D eigenvalue weighted by atomic mass is 9.97. The topological polar surface area (TPSA) is 61.5 Å². The molecule has 2 aromatic carbocycles. The average Bonchev–Trinajstić information content (AvgIpc) is 2.52. The van der Waals surface area contributed by atoms with Crippen LogP contribution in [-0.2, 0) is 4.79 Å². The van der Waals surface area contributed by atoms with Crippen LogP contribution in [0.1, 0.15) is 11.1 Å². The van der Waals surface area contributed by atoms with Gasteiger partial charge in [-0.05, 0) is 41.0 Å². The fourth-order valence-electron chi connectivity index (χ4n) is 2.11. The monoisotopic (exact) mass is 301 g/mol. The molecule has 0 aromatic heterocycles. The summed E-state index contributed by atoms with van der Waals surface area (Å²) in [6, 6.07) is 11.1. The summed E-state index contributed by atoms with van der Waals surface area (Å²) in [4.78, 5) is 11.3. The van der Waals surface area contributed by atoms with Crippen LogP contribution < -0.4 is 15.2 Å². The molecule has 0 fully saturated rings. The molecule has 0 saturated heterocycles. The van der Waals surface area contributed by atoms with E-state index in [1.165, 1.54) is 32.4 Å². The largest absolute Gasteiger partial charge is 0.493 e. The number of hydrogen-bond donors (Lipinski definition) is 1. The highest BCUT2D eigenvalue weighted by Crippen LogP contribution is 2.32. The first-order valence-electron chi connectivity index (χ1n) is 6.54. The van der Waals surface area contributed by atoms with Crippen LogP contribution in [0.2, 0.25) is 0 Å². The summed E-state index contributed by atoms with van der Waals surface area (Å²) in [6.07, 6.45) is 1.30. The minimum Gasteiger partial charge on any atom is -0.493 e. The van der Waals surface area contributed by atoms with Gasteiger partial charge in [-0.25, -0.2) is 4.39 Å². The van der Waals surface area contributed by atoms with Crippen molar-refractivity contribution in [1.82, 2.24) is 0 Å². The van der Waals surface area contributed by atoms with Gasteiger partial charge in [0.25, 0.3) is 0 Å². The summed E-state index contributed by atoms with van der Waals surface area (Å²) < 4.78 is 23.5. The normalized spacial score (nSPS) is 11.1. The number of primary amides is 1. The molecule has 0 aliphatic rings. The lowest BCUT2D eigenvalue weighted by molar-refractivity contribution is -0.113. The van der Waals surface area contributed by atoms with Crippen LogP contribution in [0.5, 0.6) is 11.5 Å². The van der Waals surface area contributed by atoms with Crippen molar-refractivity contribution in [3.63, 3.8) is 0 Å². The van der Waals surface area contributed by atoms with Crippen LogP contribution in [0.4, 0.5) is 4.39 Å². The number of hydrogen-bond acceptors (Lipinski definition) is 3. The molecule has 114 valence electrons. The van der Waals surface area contributed by atoms with Crippen molar-refractivity contribution in [3.05, 3.63) is 65.5 Å². The van der Waals surface area contributed by atoms with Crippen LogP contribution in [0, 0.1) is 5.82 Å². The molecule has 5 heteroatoms. The molecular formula is C17H16FNO3. The maximum Gasteiger partial charge on any atom is 0.242 e. The van der Waals surface area contributed by atoms with Gasteiger partial charge in [0.05, 0.1) is 14.2 Å². The zero-order valence-electron chi connectivity index (χ0n) is 12.3. The van der Waals surface area contributed by atoms with E-state index in [2.05, 4.69) is 0 Å². The van der Waals surface area contributed by atoms with Crippen molar-refractivity contribution in [3.8, 4) is 11.5 Å². The Balaban J connectivity index is 2.55. The summed E-state index contributed by atoms with van der Waals surface area (Å²) in [5.74, 6) is 0.157. The summed E-state index contributed by atoms with van der Waals surface area (Å²) in [7, 11) is 3.06. The molecule has 22 heavy (non-hydrogen) atoms. The Morgan fingerprint density at radius 2 is 1.59 bits per heavy atom. The van der Waals surface area contributed by atoms with Gasteiger partial charge in [0.1, 0.15) is 5.82 Å². The zero-order valence-corrected chi connectivity index (χ0v) is 12.3. The number of carbonyl (C=O) groups is 1. The summed E-state index contributed by atoms with van der Waals surface area (Å²) >= 11 is 0. The first-order valence-corrected chi connectivity index (χ1v) is 6.54. The van der Waals surface area contributed by atoms with Gasteiger partial charge in [-0.1, -0.05) is 18.2 Å². The maximum atomic E-state index is 13.1. The van der Waals surface area contributed by atoms with Crippen LogP contribution in [0.3, 0.4) is 0 Å². The Labute approximate surface area is 128 Å². The van der Waals surface area contributed by atoms with Crippen molar-refractivity contribution in [2.24, 2.45) is 5.73 Å². The van der Waals surface area contributed by atoms with Gasteiger partial charge in [-0.2, -0.15) is 0 Å². The highest BCUT2D eigenvalue weighted by Gasteiger charge is 2.11. The number of halogens is 1. The molecule has 2 N–H and O–H groups in total. The number of rotatable bonds is 5. The van der Waals surface area contributed by atoms with Crippen LogP contribution >= 0.6 is 0 Å². The molecule has 0 atom stereocenters. The van der Waals surface area contributed by atoms with E-state index in [4.69, 9.17) is 15.2 Å². The highest BCUT2D eigenvalue weighted by molar-refractivity contribution is 5.98. The van der Waals surface area contributed by atoms with Gasteiger partial charge in [0, 0.05) is 6.08 Å². The molecule has 0 unspecified atom stereocenters. The molecule has 0 saturated carbocycles. The second kappa shape index (κ2) is 6.76. The Bertz CT molecular complexity index is 708. The second-order valence-electron chi connectivity index (χ2n) is 4.54. The molecule has 4 nitrogen and oxygen atoms in total. The minimum atomic E-state index is -0.589. The Morgan fingerprint density at radius 1 is 1.00 bits per heavy atom. The van der Waals surface area contributed by atoms with E-state index < -0.39 is 5.91 Å². The van der Waals surface area contributed by atoms with E-state index >= 15 is 0 Å². The van der Waals surface area contributed by atoms with Crippen molar-refractivity contribution in [1.29, 1.82) is 0 Å². The molecule has 1 amide bonds. The van der Waals surface area contributed by atoms with Crippen LogP contribution in [-0.4, -0.2) is 20.1 Å². The van der Waals surface area contributed by atoms with Crippen LogP contribution in [0.25, 0.3) is 5.57 Å². The molecule has 0 aliphatic heterocycles. The number of methoxy groups -OCH3 is 2. The van der Waals surface area contributed by atoms with Crippen LogP contribution in [0.15, 0.2) is 48.5 Å². The number of nitrogens with two attached hydrogens (primary N) is 1. The third-order valence-electron chi connectivity index (χ3n) is 3.14. The lowest BCUT2D eigenvalue weighted by Crippen LogP contribution is -2.07. The van der Waals surface area contributed by atoms with Gasteiger partial charge in [0.15, 0.2) is 11.5 Å². The lowest BCUT2D eigenvalue weighted by Gasteiger charge is -2.12. The molecule has 0 radical (unpaired) electrons. The van der Waals surface area contributed by atoms with Crippen molar-refractivity contribution < 1.29 is 18.7 Å². The van der Waals surface area contributed by atoms with E-state index in [1.807, 2.05) is 0 Å². The number of carbonyl (C=O) groups excluding carboxylic acids is 1. The van der Waals surface area contributed by atoms with Gasteiger partial charge in [0.2, 0.25) is 5.91 Å². The second-order valence-corrected chi connectivity index (χ2v) is 4.54. The van der Waals surface area contributed by atoms with Crippen molar-refractivity contribution in [2.45, 2.75) is 0 Å². The summed E-state index contributed by atoms with van der Waals surface area (Å²) in [5, 5.41) is 0. The third-order valence-corrected chi connectivity index (χ3v) is 3.14. The predicted octanol–water partition coefficient (Wildman–Crippen LogP) is 2.76. The van der Waals surface area contributed by atoms with E-state index in [-0.39, 0.29) is 5.82 Å². The minimum absolute atomic E-state index is 0.352. The SMILES string of the molecule is COc1ccc(/C(=C/C(N)=O)c2ccc(F)cc2)cc1OC. The quantitative estimate of drug-likeness (QED) is 0.864. The molecule has 2 rings (SSSR count). The van der Waals surface area contributed by atoms with E-state index in [0.717, 1.165) is 0 Å². The highest BCUT2D eigenvalue weighted by atomic mass is 19.1. The molecule has 0 aliphatic carbocycles. The first kappa shape index (κ1) is 15.6. The summed E-state index contributed by atoms with van der Waals surface area (Å²) in [5.41, 5.74) is 7.24. The molecule has 2 aromatic rings. The number of amides is 1. The van der Waals surface area contributed by atoms with E-state index in [0.29, 0.717) is 28.2 Å². The average molecular weight is 301 g/mol. The molecule has 0 bridgehead atoms. The Hall–Kier alpha value is -2.82. The van der Waals surface area contributed by atoms with Gasteiger partial charge in [-0.3, -0.25) is 4.79 Å². The van der Waals surface area contributed by atoms with E-state index in [9.17, 15) is 9.18 Å². The maximum absolute atomic E-state index is 13.1. The molecular weight excluding hydrogens is 285 g/mol. The zero-order chi connectivity index (χ0) is 16.1. The first-order chi connectivity index (χ1) is 10.5. The van der Waals surface area contributed by atoms with Crippen molar-refractivity contribution in [2.75, 3.05) is 14.2 Å². The van der Waals surface area contributed by atoms with E-state index in [1.54, 1.807) is 30.3 Å². The summed E-state index contributed by atoms with van der Waals surface area (Å²) in [6.45, 7) is 0. The Kier molecular flexibility index (Phi) is 4.78. The predicted molar refractivity (Wildman–Crippen MR) is 82.2 cm³/mol. The van der Waals surface area contributed by atoms with Gasteiger partial charge >= 0.3 is 0 Å².